The van der Waals surface area contributed by atoms with E-state index < -0.39 is 0 Å². The van der Waals surface area contributed by atoms with Crippen molar-refractivity contribution in [3.8, 4) is 0 Å². The first-order valence-corrected chi connectivity index (χ1v) is 9.08. The van der Waals surface area contributed by atoms with E-state index in [-0.39, 0.29) is 12.1 Å². The van der Waals surface area contributed by atoms with E-state index in [0.717, 1.165) is 26.3 Å². The van der Waals surface area contributed by atoms with Crippen molar-refractivity contribution in [2.45, 2.75) is 44.8 Å². The van der Waals surface area contributed by atoms with Gasteiger partial charge in [0.25, 0.3) is 0 Å². The van der Waals surface area contributed by atoms with Crippen molar-refractivity contribution in [2.24, 2.45) is 5.92 Å². The predicted molar refractivity (Wildman–Crippen MR) is 93.9 cm³/mol. The Morgan fingerprint density at radius 3 is 2.48 bits per heavy atom. The Hall–Kier alpha value is -1.10. The smallest absolute Gasteiger partial charge is 0.0692 e. The van der Waals surface area contributed by atoms with Gasteiger partial charge >= 0.3 is 0 Å². The van der Waals surface area contributed by atoms with Crippen LogP contribution in [0.5, 0.6) is 0 Å². The zero-order chi connectivity index (χ0) is 16.1. The fraction of sp³-hybridized carbons (Fsp3) is 0.684. The summed E-state index contributed by atoms with van der Waals surface area (Å²) in [6, 6.07) is 9.07. The number of hydrogen-bond donors (Lipinski definition) is 2. The number of nitrogens with zero attached hydrogens (tertiary/aromatic N) is 1. The van der Waals surface area contributed by atoms with E-state index >= 15 is 0 Å². The molecule has 2 unspecified atom stereocenters. The van der Waals surface area contributed by atoms with E-state index in [0.29, 0.717) is 12.5 Å². The van der Waals surface area contributed by atoms with Crippen LogP contribution in [0.15, 0.2) is 24.3 Å². The zero-order valence-electron chi connectivity index (χ0n) is 14.2. The maximum Gasteiger partial charge on any atom is 0.0692 e. The number of aliphatic hydroxyl groups excluding tert-OH is 1. The molecule has 1 aliphatic carbocycles. The van der Waals surface area contributed by atoms with Gasteiger partial charge in [0.15, 0.2) is 0 Å². The lowest BCUT2D eigenvalue weighted by molar-refractivity contribution is 0.106. The topological polar surface area (TPSA) is 44.7 Å². The Labute approximate surface area is 139 Å². The van der Waals surface area contributed by atoms with Crippen molar-refractivity contribution in [3.05, 3.63) is 29.8 Å². The number of morpholine rings is 1. The van der Waals surface area contributed by atoms with Crippen molar-refractivity contribution in [1.82, 2.24) is 5.32 Å². The molecule has 2 fully saturated rings. The number of nitrogens with one attached hydrogen (secondary N) is 1. The lowest BCUT2D eigenvalue weighted by Crippen LogP contribution is -2.36. The van der Waals surface area contributed by atoms with Gasteiger partial charge in [-0.15, -0.1) is 0 Å². The third kappa shape index (κ3) is 4.46. The van der Waals surface area contributed by atoms with Gasteiger partial charge in [0, 0.05) is 31.4 Å². The molecule has 1 aliphatic heterocycles. The number of hydrogen-bond acceptors (Lipinski definition) is 4. The van der Waals surface area contributed by atoms with Crippen LogP contribution in [0.4, 0.5) is 5.69 Å². The first kappa shape index (κ1) is 16.7. The summed E-state index contributed by atoms with van der Waals surface area (Å²) in [5.74, 6) is 0.499. The second-order valence-corrected chi connectivity index (χ2v) is 6.93. The summed E-state index contributed by atoms with van der Waals surface area (Å²) < 4.78 is 5.40. The molecule has 2 atom stereocenters. The van der Waals surface area contributed by atoms with Crippen molar-refractivity contribution < 1.29 is 9.84 Å². The van der Waals surface area contributed by atoms with Crippen LogP contribution < -0.4 is 10.2 Å². The van der Waals surface area contributed by atoms with Gasteiger partial charge in [-0.2, -0.15) is 0 Å². The van der Waals surface area contributed by atoms with Crippen LogP contribution in [0, 0.1) is 5.92 Å². The molecular formula is C19H30N2O2. The molecule has 0 amide bonds. The van der Waals surface area contributed by atoms with Crippen LogP contribution in [0.3, 0.4) is 0 Å². The van der Waals surface area contributed by atoms with Crippen LogP contribution in [-0.4, -0.2) is 44.1 Å². The van der Waals surface area contributed by atoms with E-state index in [4.69, 9.17) is 4.74 Å². The molecule has 1 saturated heterocycles. The minimum atomic E-state index is -0.201. The number of rotatable bonds is 6. The van der Waals surface area contributed by atoms with Gasteiger partial charge in [0.05, 0.1) is 19.3 Å². The maximum atomic E-state index is 10.3. The third-order valence-corrected chi connectivity index (χ3v) is 5.35. The Kier molecular flexibility index (Phi) is 5.92. The molecule has 0 aromatic heterocycles. The normalized spacial score (nSPS) is 22.3. The SMILES string of the molecule is CC(NCC(O)C1CCCC1)c1ccc(N2CCOCC2)cc1. The van der Waals surface area contributed by atoms with Gasteiger partial charge in [0.1, 0.15) is 0 Å². The second-order valence-electron chi connectivity index (χ2n) is 6.93. The van der Waals surface area contributed by atoms with Crippen LogP contribution in [-0.2, 0) is 4.74 Å². The average molecular weight is 318 g/mol. The fourth-order valence-corrected chi connectivity index (χ4v) is 3.72. The minimum absolute atomic E-state index is 0.201. The molecule has 0 radical (unpaired) electrons. The number of aliphatic hydroxyl groups is 1. The molecule has 4 nitrogen and oxygen atoms in total. The summed E-state index contributed by atoms with van der Waals surface area (Å²) in [6.07, 6.45) is 4.73. The van der Waals surface area contributed by atoms with Gasteiger partial charge in [-0.1, -0.05) is 25.0 Å². The highest BCUT2D eigenvalue weighted by Gasteiger charge is 2.23. The Balaban J connectivity index is 1.49. The van der Waals surface area contributed by atoms with Crippen molar-refractivity contribution in [3.63, 3.8) is 0 Å². The van der Waals surface area contributed by atoms with Crippen LogP contribution in [0.2, 0.25) is 0 Å². The van der Waals surface area contributed by atoms with E-state index in [1.54, 1.807) is 0 Å². The van der Waals surface area contributed by atoms with E-state index in [2.05, 4.69) is 41.4 Å². The quantitative estimate of drug-likeness (QED) is 0.846. The molecular weight excluding hydrogens is 288 g/mol. The number of benzene rings is 1. The maximum absolute atomic E-state index is 10.3. The molecule has 2 aliphatic rings. The number of anilines is 1. The van der Waals surface area contributed by atoms with E-state index in [9.17, 15) is 5.11 Å². The molecule has 1 aromatic rings. The molecule has 1 heterocycles. The van der Waals surface area contributed by atoms with Crippen molar-refractivity contribution >= 4 is 5.69 Å². The molecule has 1 aromatic carbocycles. The largest absolute Gasteiger partial charge is 0.392 e. The van der Waals surface area contributed by atoms with Crippen LogP contribution >= 0.6 is 0 Å². The molecule has 2 N–H and O–H groups in total. The predicted octanol–water partition coefficient (Wildman–Crippen LogP) is 2.72. The van der Waals surface area contributed by atoms with Crippen LogP contribution in [0.1, 0.15) is 44.2 Å². The highest BCUT2D eigenvalue weighted by molar-refractivity contribution is 5.48. The van der Waals surface area contributed by atoms with Gasteiger partial charge in [-0.3, -0.25) is 0 Å². The summed E-state index contributed by atoms with van der Waals surface area (Å²) >= 11 is 0. The molecule has 3 rings (SSSR count). The molecule has 0 bridgehead atoms. The van der Waals surface area contributed by atoms with Crippen molar-refractivity contribution in [1.29, 1.82) is 0 Å². The van der Waals surface area contributed by atoms with Gasteiger partial charge < -0.3 is 20.1 Å². The first-order valence-electron chi connectivity index (χ1n) is 9.08. The first-order chi connectivity index (χ1) is 11.2. The average Bonchev–Trinajstić information content (AvgIpc) is 3.15. The standard InChI is InChI=1S/C19H30N2O2/c1-15(20-14-19(22)17-4-2-3-5-17)16-6-8-18(9-7-16)21-10-12-23-13-11-21/h6-9,15,17,19-20,22H,2-5,10-14H2,1H3. The van der Waals surface area contributed by atoms with Crippen LogP contribution in [0.25, 0.3) is 0 Å². The monoisotopic (exact) mass is 318 g/mol. The van der Waals surface area contributed by atoms with E-state index in [1.165, 1.54) is 36.9 Å². The fourth-order valence-electron chi connectivity index (χ4n) is 3.72. The van der Waals surface area contributed by atoms with Gasteiger partial charge in [0.2, 0.25) is 0 Å². The Morgan fingerprint density at radius 2 is 1.83 bits per heavy atom. The highest BCUT2D eigenvalue weighted by Crippen LogP contribution is 2.28. The zero-order valence-corrected chi connectivity index (χ0v) is 14.2. The molecule has 0 spiro atoms. The van der Waals surface area contributed by atoms with Crippen molar-refractivity contribution in [2.75, 3.05) is 37.7 Å². The minimum Gasteiger partial charge on any atom is -0.392 e. The van der Waals surface area contributed by atoms with Gasteiger partial charge in [-0.25, -0.2) is 0 Å². The number of ether oxygens (including phenoxy) is 1. The molecule has 4 heteroatoms. The lowest BCUT2D eigenvalue weighted by atomic mass is 10.00. The van der Waals surface area contributed by atoms with E-state index in [1.807, 2.05) is 0 Å². The third-order valence-electron chi connectivity index (χ3n) is 5.35. The summed E-state index contributed by atoms with van der Waals surface area (Å²) in [4.78, 5) is 2.37. The summed E-state index contributed by atoms with van der Waals surface area (Å²) in [7, 11) is 0. The Morgan fingerprint density at radius 1 is 1.17 bits per heavy atom. The highest BCUT2D eigenvalue weighted by atomic mass is 16.5. The lowest BCUT2D eigenvalue weighted by Gasteiger charge is -2.29. The molecule has 23 heavy (non-hydrogen) atoms. The van der Waals surface area contributed by atoms with Gasteiger partial charge in [-0.05, 0) is 43.4 Å². The molecule has 128 valence electrons. The second kappa shape index (κ2) is 8.13. The molecule has 1 saturated carbocycles. The summed E-state index contributed by atoms with van der Waals surface area (Å²) in [6.45, 7) is 6.45. The summed E-state index contributed by atoms with van der Waals surface area (Å²) in [5.41, 5.74) is 2.55. The Bertz CT molecular complexity index is 465. The summed E-state index contributed by atoms with van der Waals surface area (Å²) in [5, 5.41) is 13.8.